The van der Waals surface area contributed by atoms with Gasteiger partial charge in [0.05, 0.1) is 0 Å². The van der Waals surface area contributed by atoms with Crippen LogP contribution in [0.4, 0.5) is 17.6 Å². The van der Waals surface area contributed by atoms with Gasteiger partial charge in [0.25, 0.3) is 0 Å². The largest absolute Gasteiger partial charge is 0.431 e. The summed E-state index contributed by atoms with van der Waals surface area (Å²) in [6.07, 6.45) is 1.41. The summed E-state index contributed by atoms with van der Waals surface area (Å²) in [4.78, 5) is 15.9. The van der Waals surface area contributed by atoms with Crippen LogP contribution in [0.5, 0.6) is 11.5 Å². The summed E-state index contributed by atoms with van der Waals surface area (Å²) in [7, 11) is 0. The molecule has 2 rings (SSSR count). The molecule has 2 aromatic rings. The number of alkyl halides is 4. The maximum absolute atomic E-state index is 12.4. The van der Waals surface area contributed by atoms with E-state index in [1.165, 1.54) is 18.3 Å². The monoisotopic (exact) mass is 377 g/mol. The number of ether oxygens (including phenoxy) is 2. The van der Waals surface area contributed by atoms with Gasteiger partial charge in [0.1, 0.15) is 10.9 Å². The van der Waals surface area contributed by atoms with Crippen molar-refractivity contribution in [2.75, 3.05) is 0 Å². The zero-order valence-electron chi connectivity index (χ0n) is 12.6. The van der Waals surface area contributed by atoms with Crippen molar-refractivity contribution in [2.45, 2.75) is 26.1 Å². The van der Waals surface area contributed by atoms with Gasteiger partial charge in [-0.1, -0.05) is 23.7 Å². The van der Waals surface area contributed by atoms with Gasteiger partial charge in [0.15, 0.2) is 11.5 Å². The van der Waals surface area contributed by atoms with E-state index in [0.29, 0.717) is 16.3 Å². The fourth-order valence-electron chi connectivity index (χ4n) is 2.07. The molecule has 134 valence electrons. The molecule has 0 spiro atoms. The normalized spacial score (nSPS) is 11.0. The second-order valence-electron chi connectivity index (χ2n) is 4.92. The third kappa shape index (κ3) is 6.22. The summed E-state index contributed by atoms with van der Waals surface area (Å²) >= 11 is 5.65. The highest BCUT2D eigenvalue weighted by Gasteiger charge is 2.16. The van der Waals surface area contributed by atoms with E-state index in [1.54, 1.807) is 6.07 Å². The lowest BCUT2D eigenvalue weighted by Crippen LogP contribution is -2.10. The summed E-state index contributed by atoms with van der Waals surface area (Å²) in [6, 6.07) is 6.62. The lowest BCUT2D eigenvalue weighted by atomic mass is 10.0. The van der Waals surface area contributed by atoms with Gasteiger partial charge in [-0.15, -0.1) is 0 Å². The molecule has 1 heterocycles. The van der Waals surface area contributed by atoms with Gasteiger partial charge in [-0.25, -0.2) is 4.98 Å². The second kappa shape index (κ2) is 8.66. The molecule has 0 saturated carbocycles. The molecule has 9 heteroatoms. The molecule has 25 heavy (non-hydrogen) atoms. The molecule has 0 bridgehead atoms. The molecule has 0 unspecified atom stereocenters. The molecule has 0 atom stereocenters. The van der Waals surface area contributed by atoms with Crippen molar-refractivity contribution in [2.24, 2.45) is 0 Å². The Bertz CT molecular complexity index is 726. The van der Waals surface area contributed by atoms with Crippen LogP contribution in [0.15, 0.2) is 36.5 Å². The summed E-state index contributed by atoms with van der Waals surface area (Å²) in [6.45, 7) is -6.41. The first-order chi connectivity index (χ1) is 11.8. The minimum absolute atomic E-state index is 0.0600. The number of hydrogen-bond acceptors (Lipinski definition) is 4. The quantitative estimate of drug-likeness (QED) is 0.508. The van der Waals surface area contributed by atoms with Crippen LogP contribution in [0.3, 0.4) is 0 Å². The summed E-state index contributed by atoms with van der Waals surface area (Å²) in [5.41, 5.74) is 0.959. The number of hydrogen-bond donors (Lipinski definition) is 0. The average Bonchev–Trinajstić information content (AvgIpc) is 2.51. The molecule has 0 N–H and O–H groups in total. The van der Waals surface area contributed by atoms with E-state index >= 15 is 0 Å². The third-order valence-electron chi connectivity index (χ3n) is 3.03. The second-order valence-corrected chi connectivity index (χ2v) is 5.31. The number of ketones is 1. The Morgan fingerprint density at radius 1 is 0.960 bits per heavy atom. The van der Waals surface area contributed by atoms with Crippen LogP contribution < -0.4 is 9.47 Å². The number of halogens is 5. The number of rotatable bonds is 8. The Hall–Kier alpha value is -2.35. The van der Waals surface area contributed by atoms with Crippen LogP contribution in [0, 0.1) is 0 Å². The first-order valence-electron chi connectivity index (χ1n) is 6.98. The number of benzene rings is 1. The van der Waals surface area contributed by atoms with Crippen molar-refractivity contribution >= 4 is 17.4 Å². The van der Waals surface area contributed by atoms with Gasteiger partial charge in [-0.3, -0.25) is 4.79 Å². The fraction of sp³-hybridized carbons (Fsp3) is 0.250. The van der Waals surface area contributed by atoms with E-state index < -0.39 is 24.7 Å². The van der Waals surface area contributed by atoms with Gasteiger partial charge < -0.3 is 9.47 Å². The number of aromatic nitrogens is 1. The molecule has 0 radical (unpaired) electrons. The maximum atomic E-state index is 12.4. The topological polar surface area (TPSA) is 48.4 Å². The molecule has 0 amide bonds. The highest BCUT2D eigenvalue weighted by Crippen LogP contribution is 2.31. The minimum Gasteiger partial charge on any atom is -0.431 e. The highest BCUT2D eigenvalue weighted by atomic mass is 35.5. The Kier molecular flexibility index (Phi) is 6.58. The van der Waals surface area contributed by atoms with Crippen LogP contribution in [0.1, 0.15) is 11.1 Å². The SMILES string of the molecule is O=C(Cc1ccc(Cl)nc1)Cc1ccc(OC(F)F)c(OC(F)F)c1. The number of carbonyl (C=O) groups is 1. The first-order valence-corrected chi connectivity index (χ1v) is 7.36. The Balaban J connectivity index is 2.09. The van der Waals surface area contributed by atoms with Gasteiger partial charge in [-0.05, 0) is 29.3 Å². The summed E-state index contributed by atoms with van der Waals surface area (Å²) in [5, 5.41) is 0.291. The van der Waals surface area contributed by atoms with Crippen molar-refractivity contribution in [3.63, 3.8) is 0 Å². The smallest absolute Gasteiger partial charge is 0.387 e. The van der Waals surface area contributed by atoms with Crippen LogP contribution in [0.25, 0.3) is 0 Å². The molecule has 0 aliphatic carbocycles. The molecular formula is C16H12ClF4NO3. The van der Waals surface area contributed by atoms with E-state index in [4.69, 9.17) is 11.6 Å². The van der Waals surface area contributed by atoms with Crippen LogP contribution in [-0.2, 0) is 17.6 Å². The number of carbonyl (C=O) groups excluding carboxylic acids is 1. The standard InChI is InChI=1S/C16H12ClF4NO3/c17-14-4-2-10(8-22-14)6-11(23)5-9-1-3-12(24-15(18)19)13(7-9)25-16(20)21/h1-4,7-8,15-16H,5-6H2. The maximum Gasteiger partial charge on any atom is 0.387 e. The van der Waals surface area contributed by atoms with E-state index in [2.05, 4.69) is 14.5 Å². The molecule has 1 aromatic heterocycles. The Labute approximate surface area is 145 Å². The lowest BCUT2D eigenvalue weighted by molar-refractivity contribution is -0.117. The first kappa shape index (κ1) is 19.0. The van der Waals surface area contributed by atoms with Crippen LogP contribution >= 0.6 is 11.6 Å². The van der Waals surface area contributed by atoms with Gasteiger partial charge in [0.2, 0.25) is 0 Å². The molecule has 0 aliphatic heterocycles. The van der Waals surface area contributed by atoms with Gasteiger partial charge >= 0.3 is 13.2 Å². The van der Waals surface area contributed by atoms with Gasteiger partial charge in [0, 0.05) is 19.0 Å². The van der Waals surface area contributed by atoms with Crippen molar-refractivity contribution < 1.29 is 31.8 Å². The number of pyridine rings is 1. The zero-order valence-corrected chi connectivity index (χ0v) is 13.4. The van der Waals surface area contributed by atoms with E-state index in [1.807, 2.05) is 0 Å². The molecule has 4 nitrogen and oxygen atoms in total. The molecule has 0 saturated heterocycles. The summed E-state index contributed by atoms with van der Waals surface area (Å²) in [5.74, 6) is -1.32. The fourth-order valence-corrected chi connectivity index (χ4v) is 2.18. The highest BCUT2D eigenvalue weighted by molar-refractivity contribution is 6.29. The lowest BCUT2D eigenvalue weighted by Gasteiger charge is -2.13. The van der Waals surface area contributed by atoms with Crippen LogP contribution in [0.2, 0.25) is 5.15 Å². The molecule has 0 aliphatic rings. The zero-order chi connectivity index (χ0) is 18.4. The van der Waals surface area contributed by atoms with Crippen molar-refractivity contribution in [1.82, 2.24) is 4.98 Å². The van der Waals surface area contributed by atoms with Crippen LogP contribution in [-0.4, -0.2) is 24.0 Å². The Morgan fingerprint density at radius 2 is 1.56 bits per heavy atom. The Morgan fingerprint density at radius 3 is 2.16 bits per heavy atom. The molecule has 0 fully saturated rings. The number of nitrogens with zero attached hydrogens (tertiary/aromatic N) is 1. The van der Waals surface area contributed by atoms with Crippen molar-refractivity contribution in [3.05, 3.63) is 52.8 Å². The minimum atomic E-state index is -3.22. The summed E-state index contributed by atoms with van der Waals surface area (Å²) < 4.78 is 57.7. The van der Waals surface area contributed by atoms with Crippen molar-refractivity contribution in [1.29, 1.82) is 0 Å². The molecule has 1 aromatic carbocycles. The number of Topliss-reactive ketones (excluding diaryl/α,β-unsaturated/α-hetero) is 1. The predicted octanol–water partition coefficient (Wildman–Crippen LogP) is 4.29. The van der Waals surface area contributed by atoms with Crippen molar-refractivity contribution in [3.8, 4) is 11.5 Å². The average molecular weight is 378 g/mol. The third-order valence-corrected chi connectivity index (χ3v) is 3.26. The van der Waals surface area contributed by atoms with E-state index in [-0.39, 0.29) is 18.6 Å². The van der Waals surface area contributed by atoms with E-state index in [9.17, 15) is 22.4 Å². The molecular weight excluding hydrogens is 366 g/mol. The van der Waals surface area contributed by atoms with E-state index in [0.717, 1.165) is 12.1 Å². The van der Waals surface area contributed by atoms with Gasteiger partial charge in [-0.2, -0.15) is 17.6 Å². The predicted molar refractivity (Wildman–Crippen MR) is 81.4 cm³/mol.